The summed E-state index contributed by atoms with van der Waals surface area (Å²) in [7, 11) is 1.66. The van der Waals surface area contributed by atoms with Crippen LogP contribution in [0.5, 0.6) is 0 Å². The molecule has 1 aliphatic heterocycles. The number of carboxylic acid groups (broad SMARTS) is 1. The number of hydrogen-bond acceptors (Lipinski definition) is 7. The van der Waals surface area contributed by atoms with Crippen LogP contribution >= 0.6 is 0 Å². The minimum absolute atomic E-state index is 0.0676. The normalized spacial score (nSPS) is 13.8. The minimum atomic E-state index is -1.06. The number of rotatable bonds is 16. The van der Waals surface area contributed by atoms with Crippen LogP contribution in [0.3, 0.4) is 0 Å². The van der Waals surface area contributed by atoms with Crippen molar-refractivity contribution in [2.75, 3.05) is 46.5 Å². The number of aliphatic carboxylic acids is 1. The van der Waals surface area contributed by atoms with Gasteiger partial charge in [0.1, 0.15) is 11.7 Å². The molecule has 234 valence electrons. The van der Waals surface area contributed by atoms with Gasteiger partial charge < -0.3 is 29.7 Å². The topological polar surface area (TPSA) is 138 Å². The van der Waals surface area contributed by atoms with Gasteiger partial charge in [-0.25, -0.2) is 9.78 Å². The number of nitrogens with one attached hydrogen (secondary N) is 1. The van der Waals surface area contributed by atoms with Crippen LogP contribution in [0.1, 0.15) is 67.9 Å². The highest BCUT2D eigenvalue weighted by atomic mass is 16.6. The molecule has 1 fully saturated rings. The van der Waals surface area contributed by atoms with E-state index in [4.69, 9.17) is 9.47 Å². The van der Waals surface area contributed by atoms with Crippen molar-refractivity contribution in [3.8, 4) is 11.3 Å². The third-order valence-corrected chi connectivity index (χ3v) is 7.32. The minimum Gasteiger partial charge on any atom is -0.481 e. The number of methoxy groups -OCH3 is 1. The molecule has 1 saturated heterocycles. The summed E-state index contributed by atoms with van der Waals surface area (Å²) in [5.74, 6) is -2.00. The first-order chi connectivity index (χ1) is 20.8. The van der Waals surface area contributed by atoms with Gasteiger partial charge in [-0.1, -0.05) is 50.1 Å². The fourth-order valence-corrected chi connectivity index (χ4v) is 4.87. The summed E-state index contributed by atoms with van der Waals surface area (Å²) < 4.78 is 10.5. The first-order valence-electron chi connectivity index (χ1n) is 15.1. The maximum atomic E-state index is 13.5. The smallest absolute Gasteiger partial charge is 0.409 e. The highest BCUT2D eigenvalue weighted by molar-refractivity contribution is 5.97. The maximum Gasteiger partial charge on any atom is 0.409 e. The number of carbonyl (C=O) groups is 4. The molecule has 1 aliphatic rings. The van der Waals surface area contributed by atoms with Gasteiger partial charge in [-0.2, -0.15) is 0 Å². The molecule has 2 heterocycles. The number of hydrogen-bond donors (Lipinski definition) is 2. The van der Waals surface area contributed by atoms with E-state index in [-0.39, 0.29) is 37.5 Å². The summed E-state index contributed by atoms with van der Waals surface area (Å²) in [5, 5.41) is 12.1. The molecule has 0 saturated carbocycles. The molecular weight excluding hydrogens is 552 g/mol. The van der Waals surface area contributed by atoms with Crippen LogP contribution in [0.2, 0.25) is 0 Å². The highest BCUT2D eigenvalue weighted by Gasteiger charge is 2.31. The van der Waals surface area contributed by atoms with Crippen LogP contribution in [0, 0.1) is 0 Å². The fraction of sp³-hybridized carbons (Fsp3) is 0.531. The van der Waals surface area contributed by atoms with Gasteiger partial charge in [-0.15, -0.1) is 0 Å². The Kier molecular flexibility index (Phi) is 13.9. The van der Waals surface area contributed by atoms with Crippen LogP contribution in [-0.4, -0.2) is 96.3 Å². The number of aryl methyl sites for hydroxylation is 1. The number of aromatic nitrogens is 1. The van der Waals surface area contributed by atoms with E-state index in [9.17, 15) is 24.3 Å². The van der Waals surface area contributed by atoms with E-state index in [2.05, 4.69) is 17.2 Å². The maximum absolute atomic E-state index is 13.5. The number of carboxylic acids is 1. The molecule has 2 N–H and O–H groups in total. The lowest BCUT2D eigenvalue weighted by Crippen LogP contribution is -2.56. The Labute approximate surface area is 253 Å². The number of benzene rings is 1. The molecule has 2 aromatic rings. The predicted molar refractivity (Wildman–Crippen MR) is 162 cm³/mol. The van der Waals surface area contributed by atoms with Crippen molar-refractivity contribution >= 4 is 23.9 Å². The standard InChI is InChI=1S/C32H44N4O7/c1-3-4-9-21-43-32(41)36-18-16-35(17-19-36)31(40)26(14-15-29(37)38)34-30(39)28-23-24(11-8-10-20-42-2)22-27(33-28)25-12-6-5-7-13-25/h5-7,12-13,22-23,26H,3-4,8-11,14-21H2,1-2H3,(H,34,39)(H,37,38)/t26-/m0/s1. The molecule has 3 amide bonds. The van der Waals surface area contributed by atoms with Crippen LogP contribution in [0.4, 0.5) is 4.79 Å². The molecule has 0 unspecified atom stereocenters. The second-order valence-electron chi connectivity index (χ2n) is 10.7. The first-order valence-corrected chi connectivity index (χ1v) is 15.1. The number of unbranched alkanes of at least 4 members (excludes halogenated alkanes) is 3. The third kappa shape index (κ3) is 11.0. The molecule has 0 bridgehead atoms. The van der Waals surface area contributed by atoms with Crippen molar-refractivity contribution in [3.05, 3.63) is 53.7 Å². The molecule has 1 atom stereocenters. The van der Waals surface area contributed by atoms with Gasteiger partial charge in [0.25, 0.3) is 5.91 Å². The van der Waals surface area contributed by atoms with Gasteiger partial charge in [-0.3, -0.25) is 14.4 Å². The molecule has 3 rings (SSSR count). The Morgan fingerprint density at radius 3 is 2.33 bits per heavy atom. The Balaban J connectivity index is 1.71. The third-order valence-electron chi connectivity index (χ3n) is 7.32. The molecule has 0 radical (unpaired) electrons. The summed E-state index contributed by atoms with van der Waals surface area (Å²) in [6, 6.07) is 12.2. The van der Waals surface area contributed by atoms with Crippen LogP contribution < -0.4 is 5.32 Å². The zero-order valence-corrected chi connectivity index (χ0v) is 25.3. The molecule has 43 heavy (non-hydrogen) atoms. The summed E-state index contributed by atoms with van der Waals surface area (Å²) in [5.41, 5.74) is 2.59. The molecule has 11 heteroatoms. The van der Waals surface area contributed by atoms with Crippen molar-refractivity contribution < 1.29 is 33.8 Å². The highest BCUT2D eigenvalue weighted by Crippen LogP contribution is 2.21. The van der Waals surface area contributed by atoms with Crippen molar-refractivity contribution in [2.45, 2.75) is 64.3 Å². The van der Waals surface area contributed by atoms with Gasteiger partial charge in [0, 0.05) is 51.9 Å². The largest absolute Gasteiger partial charge is 0.481 e. The van der Waals surface area contributed by atoms with Crippen molar-refractivity contribution in [1.29, 1.82) is 0 Å². The lowest BCUT2D eigenvalue weighted by molar-refractivity contribution is -0.138. The summed E-state index contributed by atoms with van der Waals surface area (Å²) >= 11 is 0. The zero-order valence-electron chi connectivity index (χ0n) is 25.3. The van der Waals surface area contributed by atoms with E-state index < -0.39 is 24.0 Å². The van der Waals surface area contributed by atoms with E-state index in [0.717, 1.165) is 49.7 Å². The van der Waals surface area contributed by atoms with E-state index in [0.29, 0.717) is 32.0 Å². The Hall–Kier alpha value is -3.99. The van der Waals surface area contributed by atoms with Gasteiger partial charge in [-0.05, 0) is 49.8 Å². The number of piperazine rings is 1. The van der Waals surface area contributed by atoms with Crippen molar-refractivity contribution in [1.82, 2.24) is 20.1 Å². The lowest BCUT2D eigenvalue weighted by atomic mass is 10.0. The summed E-state index contributed by atoms with van der Waals surface area (Å²) in [4.78, 5) is 58.5. The summed E-state index contributed by atoms with van der Waals surface area (Å²) in [6.07, 6.45) is 4.53. The van der Waals surface area contributed by atoms with E-state index in [1.54, 1.807) is 23.0 Å². The second kappa shape index (κ2) is 17.8. The van der Waals surface area contributed by atoms with Crippen molar-refractivity contribution in [2.24, 2.45) is 0 Å². The molecule has 1 aromatic heterocycles. The number of nitrogens with zero attached hydrogens (tertiary/aromatic N) is 3. The van der Waals surface area contributed by atoms with Crippen LogP contribution in [0.25, 0.3) is 11.3 Å². The zero-order chi connectivity index (χ0) is 31.0. The summed E-state index contributed by atoms with van der Waals surface area (Å²) in [6.45, 7) is 4.20. The average molecular weight is 597 g/mol. The van der Waals surface area contributed by atoms with Gasteiger partial charge in [0.2, 0.25) is 5.91 Å². The Morgan fingerprint density at radius 1 is 0.953 bits per heavy atom. The molecular formula is C32H44N4O7. The predicted octanol–water partition coefficient (Wildman–Crippen LogP) is 4.15. The monoisotopic (exact) mass is 596 g/mol. The lowest BCUT2D eigenvalue weighted by Gasteiger charge is -2.36. The second-order valence-corrected chi connectivity index (χ2v) is 10.7. The number of amides is 3. The number of carbonyl (C=O) groups excluding carboxylic acids is 3. The van der Waals surface area contributed by atoms with Crippen LogP contribution in [-0.2, 0) is 25.5 Å². The van der Waals surface area contributed by atoms with Crippen molar-refractivity contribution in [3.63, 3.8) is 0 Å². The van der Waals surface area contributed by atoms with Gasteiger partial charge in [0.15, 0.2) is 0 Å². The number of ether oxygens (including phenoxy) is 2. The van der Waals surface area contributed by atoms with Crippen LogP contribution in [0.15, 0.2) is 42.5 Å². The quantitative estimate of drug-likeness (QED) is 0.276. The van der Waals surface area contributed by atoms with Gasteiger partial charge in [0.05, 0.1) is 12.3 Å². The molecule has 0 spiro atoms. The molecule has 1 aromatic carbocycles. The van der Waals surface area contributed by atoms with E-state index >= 15 is 0 Å². The molecule has 11 nitrogen and oxygen atoms in total. The Morgan fingerprint density at radius 2 is 1.65 bits per heavy atom. The fourth-order valence-electron chi connectivity index (χ4n) is 4.87. The van der Waals surface area contributed by atoms with E-state index in [1.807, 2.05) is 36.4 Å². The molecule has 0 aliphatic carbocycles. The van der Waals surface area contributed by atoms with Gasteiger partial charge >= 0.3 is 12.1 Å². The average Bonchev–Trinajstić information content (AvgIpc) is 3.03. The number of pyridine rings is 1. The van der Waals surface area contributed by atoms with E-state index in [1.165, 1.54) is 0 Å². The Bertz CT molecular complexity index is 1200. The SMILES string of the molecule is CCCCCOC(=O)N1CCN(C(=O)[C@H](CCC(=O)O)NC(=O)c2cc(CCCCOC)cc(-c3ccccc3)n2)CC1. The first kappa shape index (κ1) is 33.5.